The molecule has 18 heavy (non-hydrogen) atoms. The van der Waals surface area contributed by atoms with Gasteiger partial charge in [0.1, 0.15) is 0 Å². The average molecular weight is 254 g/mol. The maximum atomic E-state index is 12.0. The molecule has 5 atom stereocenters. The van der Waals surface area contributed by atoms with E-state index in [9.17, 15) is 4.79 Å². The molecule has 5 unspecified atom stereocenters. The third kappa shape index (κ3) is 2.63. The highest BCUT2D eigenvalue weighted by Crippen LogP contribution is 2.49. The first-order valence-electron chi connectivity index (χ1n) is 7.17. The Kier molecular flexibility index (Phi) is 4.15. The zero-order valence-corrected chi connectivity index (χ0v) is 11.7. The number of amides is 2. The number of aliphatic hydroxyl groups is 1. The first-order valence-corrected chi connectivity index (χ1v) is 7.17. The quantitative estimate of drug-likeness (QED) is 0.804. The lowest BCUT2D eigenvalue weighted by molar-refractivity contribution is 0.149. The highest BCUT2D eigenvalue weighted by molar-refractivity contribution is 5.74. The highest BCUT2D eigenvalue weighted by atomic mass is 16.3. The Morgan fingerprint density at radius 2 is 2.11 bits per heavy atom. The molecule has 0 aromatic heterocycles. The zero-order valence-electron chi connectivity index (χ0n) is 11.7. The summed E-state index contributed by atoms with van der Waals surface area (Å²) in [6.45, 7) is 3.98. The first kappa shape index (κ1) is 13.7. The fourth-order valence-electron chi connectivity index (χ4n) is 3.63. The predicted octanol–water partition coefficient (Wildman–Crippen LogP) is 1.83. The van der Waals surface area contributed by atoms with E-state index in [2.05, 4.69) is 12.2 Å². The summed E-state index contributed by atoms with van der Waals surface area (Å²) in [7, 11) is 1.74. The van der Waals surface area contributed by atoms with E-state index < -0.39 is 0 Å². The van der Waals surface area contributed by atoms with E-state index in [4.69, 9.17) is 5.11 Å². The van der Waals surface area contributed by atoms with Crippen molar-refractivity contribution in [3.8, 4) is 0 Å². The summed E-state index contributed by atoms with van der Waals surface area (Å²) >= 11 is 0. The second kappa shape index (κ2) is 5.47. The molecule has 0 spiro atoms. The number of aliphatic hydroxyl groups excluding tert-OH is 1. The van der Waals surface area contributed by atoms with Crippen LogP contribution < -0.4 is 5.32 Å². The maximum absolute atomic E-state index is 12.0. The van der Waals surface area contributed by atoms with Crippen LogP contribution in [0.3, 0.4) is 0 Å². The lowest BCUT2D eigenvalue weighted by atomic mass is 9.84. The molecule has 0 aromatic carbocycles. The molecule has 2 aliphatic carbocycles. The van der Waals surface area contributed by atoms with Crippen LogP contribution in [0, 0.1) is 17.8 Å². The van der Waals surface area contributed by atoms with Crippen LogP contribution in [0.2, 0.25) is 0 Å². The average Bonchev–Trinajstić information content (AvgIpc) is 2.98. The zero-order chi connectivity index (χ0) is 13.3. The molecule has 2 aliphatic rings. The van der Waals surface area contributed by atoms with Gasteiger partial charge in [0.2, 0.25) is 0 Å². The molecule has 0 aliphatic heterocycles. The van der Waals surface area contributed by atoms with Crippen molar-refractivity contribution in [3.05, 3.63) is 0 Å². The van der Waals surface area contributed by atoms with Gasteiger partial charge in [-0.3, -0.25) is 0 Å². The minimum absolute atomic E-state index is 0.00638. The number of likely N-dealkylation sites (N-methyl/N-ethyl adjacent to an activating group) is 1. The van der Waals surface area contributed by atoms with Crippen molar-refractivity contribution in [1.29, 1.82) is 0 Å². The molecular weight excluding hydrogens is 228 g/mol. The molecule has 104 valence electrons. The van der Waals surface area contributed by atoms with Gasteiger partial charge in [-0.15, -0.1) is 0 Å². The van der Waals surface area contributed by atoms with E-state index in [-0.39, 0.29) is 24.7 Å². The standard InChI is InChI=1S/C14H26N2O2/c1-9(8-17)16(3)14(18)15-10(2)13-7-11-4-5-12(13)6-11/h9-13,17H,4-8H2,1-3H3,(H,15,18). The van der Waals surface area contributed by atoms with Crippen molar-refractivity contribution in [2.75, 3.05) is 13.7 Å². The molecule has 2 saturated carbocycles. The topological polar surface area (TPSA) is 52.6 Å². The number of rotatable bonds is 4. The predicted molar refractivity (Wildman–Crippen MR) is 71.2 cm³/mol. The Morgan fingerprint density at radius 3 is 2.61 bits per heavy atom. The SMILES string of the molecule is CC(NC(=O)N(C)C(C)CO)C1CC2CCC1C2. The molecule has 0 aromatic rings. The van der Waals surface area contributed by atoms with E-state index in [1.54, 1.807) is 11.9 Å². The summed E-state index contributed by atoms with van der Waals surface area (Å²) in [6.07, 6.45) is 5.39. The van der Waals surface area contributed by atoms with Crippen LogP contribution in [0.4, 0.5) is 4.79 Å². The molecule has 4 heteroatoms. The van der Waals surface area contributed by atoms with Crippen molar-refractivity contribution in [3.63, 3.8) is 0 Å². The van der Waals surface area contributed by atoms with Gasteiger partial charge in [0.25, 0.3) is 0 Å². The van der Waals surface area contributed by atoms with E-state index in [0.717, 1.165) is 11.8 Å². The number of nitrogens with zero attached hydrogens (tertiary/aromatic N) is 1. The van der Waals surface area contributed by atoms with Gasteiger partial charge in [0.15, 0.2) is 0 Å². The molecule has 2 fully saturated rings. The summed E-state index contributed by atoms with van der Waals surface area (Å²) < 4.78 is 0. The maximum Gasteiger partial charge on any atom is 0.317 e. The van der Waals surface area contributed by atoms with Crippen LogP contribution in [-0.4, -0.2) is 41.8 Å². The summed E-state index contributed by atoms with van der Waals surface area (Å²) in [5, 5.41) is 12.2. The highest BCUT2D eigenvalue weighted by Gasteiger charge is 2.42. The van der Waals surface area contributed by atoms with Crippen LogP contribution in [-0.2, 0) is 0 Å². The first-order chi connectivity index (χ1) is 8.52. The fourth-order valence-corrected chi connectivity index (χ4v) is 3.63. The van der Waals surface area contributed by atoms with Crippen molar-refractivity contribution < 1.29 is 9.90 Å². The third-order valence-corrected chi connectivity index (χ3v) is 5.03. The number of hydrogen-bond acceptors (Lipinski definition) is 2. The number of carbonyl (C=O) groups excluding carboxylic acids is 1. The van der Waals surface area contributed by atoms with Gasteiger partial charge in [0, 0.05) is 13.1 Å². The Labute approximate surface area is 110 Å². The van der Waals surface area contributed by atoms with Crippen molar-refractivity contribution in [2.24, 2.45) is 17.8 Å². The van der Waals surface area contributed by atoms with Gasteiger partial charge in [-0.05, 0) is 50.9 Å². The molecule has 0 radical (unpaired) electrons. The summed E-state index contributed by atoms with van der Waals surface area (Å²) in [5.41, 5.74) is 0. The monoisotopic (exact) mass is 254 g/mol. The lowest BCUT2D eigenvalue weighted by Gasteiger charge is -2.31. The van der Waals surface area contributed by atoms with Gasteiger partial charge < -0.3 is 15.3 Å². The summed E-state index contributed by atoms with van der Waals surface area (Å²) in [4.78, 5) is 13.6. The van der Waals surface area contributed by atoms with Crippen LogP contribution in [0.25, 0.3) is 0 Å². The van der Waals surface area contributed by atoms with Crippen molar-refractivity contribution >= 4 is 6.03 Å². The molecule has 2 bridgehead atoms. The molecule has 0 heterocycles. The summed E-state index contributed by atoms with van der Waals surface area (Å²) in [6, 6.07) is 0.0604. The van der Waals surface area contributed by atoms with Crippen LogP contribution >= 0.6 is 0 Å². The molecule has 2 N–H and O–H groups in total. The Bertz CT molecular complexity index is 308. The normalized spacial score (nSPS) is 33.2. The largest absolute Gasteiger partial charge is 0.394 e. The summed E-state index contributed by atoms with van der Waals surface area (Å²) in [5.74, 6) is 2.39. The number of nitrogens with one attached hydrogen (secondary N) is 1. The van der Waals surface area contributed by atoms with E-state index in [1.165, 1.54) is 25.7 Å². The van der Waals surface area contributed by atoms with Gasteiger partial charge in [-0.1, -0.05) is 6.42 Å². The fraction of sp³-hybridized carbons (Fsp3) is 0.929. The van der Waals surface area contributed by atoms with E-state index in [1.807, 2.05) is 6.92 Å². The van der Waals surface area contributed by atoms with Crippen LogP contribution in [0.5, 0.6) is 0 Å². The van der Waals surface area contributed by atoms with Crippen molar-refractivity contribution in [2.45, 2.75) is 51.6 Å². The molecule has 0 saturated heterocycles. The Hall–Kier alpha value is -0.770. The second-order valence-electron chi connectivity index (χ2n) is 6.22. The van der Waals surface area contributed by atoms with Gasteiger partial charge in [-0.25, -0.2) is 4.79 Å². The Balaban J connectivity index is 1.84. The molecule has 2 rings (SSSR count). The smallest absolute Gasteiger partial charge is 0.317 e. The Morgan fingerprint density at radius 1 is 1.39 bits per heavy atom. The number of fused-ring (bicyclic) bond motifs is 2. The number of urea groups is 1. The molecular formula is C14H26N2O2. The van der Waals surface area contributed by atoms with Crippen molar-refractivity contribution in [1.82, 2.24) is 10.2 Å². The molecule has 2 amide bonds. The van der Waals surface area contributed by atoms with E-state index >= 15 is 0 Å². The van der Waals surface area contributed by atoms with Gasteiger partial charge in [0.05, 0.1) is 12.6 Å². The lowest BCUT2D eigenvalue weighted by Crippen LogP contribution is -2.49. The van der Waals surface area contributed by atoms with Gasteiger partial charge >= 0.3 is 6.03 Å². The molecule has 4 nitrogen and oxygen atoms in total. The number of hydrogen-bond donors (Lipinski definition) is 2. The number of carbonyl (C=O) groups is 1. The minimum Gasteiger partial charge on any atom is -0.394 e. The van der Waals surface area contributed by atoms with E-state index in [0.29, 0.717) is 5.92 Å². The van der Waals surface area contributed by atoms with Crippen LogP contribution in [0.15, 0.2) is 0 Å². The van der Waals surface area contributed by atoms with Crippen LogP contribution in [0.1, 0.15) is 39.5 Å². The second-order valence-corrected chi connectivity index (χ2v) is 6.22. The van der Waals surface area contributed by atoms with Gasteiger partial charge in [-0.2, -0.15) is 0 Å². The minimum atomic E-state index is -0.128. The third-order valence-electron chi connectivity index (χ3n) is 5.03.